The summed E-state index contributed by atoms with van der Waals surface area (Å²) >= 11 is 1.51. The van der Waals surface area contributed by atoms with Crippen molar-refractivity contribution in [1.29, 1.82) is 0 Å². The van der Waals surface area contributed by atoms with E-state index in [2.05, 4.69) is 38.7 Å². The molecule has 1 atom stereocenters. The molecular weight excluding hydrogens is 382 g/mol. The summed E-state index contributed by atoms with van der Waals surface area (Å²) in [6.45, 7) is 6.08. The molecule has 1 aromatic heterocycles. The molecule has 2 aromatic rings. The van der Waals surface area contributed by atoms with Crippen molar-refractivity contribution in [2.75, 3.05) is 25.4 Å². The molecule has 4 rings (SSSR count). The fourth-order valence-electron chi connectivity index (χ4n) is 4.33. The van der Waals surface area contributed by atoms with Gasteiger partial charge in [-0.2, -0.15) is 0 Å². The van der Waals surface area contributed by atoms with Gasteiger partial charge in [-0.05, 0) is 64.3 Å². The summed E-state index contributed by atoms with van der Waals surface area (Å²) in [5.41, 5.74) is 1.06. The van der Waals surface area contributed by atoms with Crippen molar-refractivity contribution in [1.82, 2.24) is 24.6 Å². The Hall–Kier alpha value is -1.86. The van der Waals surface area contributed by atoms with E-state index in [9.17, 15) is 4.79 Å². The van der Waals surface area contributed by atoms with E-state index >= 15 is 0 Å². The summed E-state index contributed by atoms with van der Waals surface area (Å²) in [4.78, 5) is 17.3. The Morgan fingerprint density at radius 3 is 2.55 bits per heavy atom. The van der Waals surface area contributed by atoms with Gasteiger partial charge in [0.05, 0.1) is 12.3 Å². The Bertz CT molecular complexity index is 803. The molecule has 0 radical (unpaired) electrons. The van der Waals surface area contributed by atoms with Gasteiger partial charge in [0, 0.05) is 18.3 Å². The molecular formula is C22H31N5OS. The molecule has 0 bridgehead atoms. The number of carbonyl (C=O) groups excluding carboxylic acids is 1. The lowest BCUT2D eigenvalue weighted by molar-refractivity contribution is -0.131. The lowest BCUT2D eigenvalue weighted by atomic mass is 10.0. The standard InChI is InChI=1S/C22H31N5OS/c1-18-10-6-9-15-26(18)21(28)17-29-22-24-23-20(16-25-13-7-3-8-14-25)27(22)19-11-4-2-5-12-19/h2,4-5,11-12,18H,3,6-10,13-17H2,1H3/t18-/m0/s1. The zero-order valence-corrected chi connectivity index (χ0v) is 18.1. The van der Waals surface area contributed by atoms with Crippen LogP contribution < -0.4 is 0 Å². The van der Waals surface area contributed by atoms with Crippen LogP contribution in [0.5, 0.6) is 0 Å². The summed E-state index contributed by atoms with van der Waals surface area (Å²) in [6.07, 6.45) is 7.27. The highest BCUT2D eigenvalue weighted by molar-refractivity contribution is 7.99. The third-order valence-corrected chi connectivity index (χ3v) is 6.89. The predicted molar refractivity (Wildman–Crippen MR) is 116 cm³/mol. The number of aromatic nitrogens is 3. The molecule has 3 heterocycles. The van der Waals surface area contributed by atoms with E-state index in [-0.39, 0.29) is 5.91 Å². The maximum Gasteiger partial charge on any atom is 0.233 e. The Morgan fingerprint density at radius 2 is 1.79 bits per heavy atom. The first-order valence-corrected chi connectivity index (χ1v) is 11.9. The van der Waals surface area contributed by atoms with E-state index < -0.39 is 0 Å². The Kier molecular flexibility index (Phi) is 6.87. The molecule has 0 spiro atoms. The first kappa shape index (κ1) is 20.4. The van der Waals surface area contributed by atoms with Gasteiger partial charge in [-0.1, -0.05) is 36.4 Å². The van der Waals surface area contributed by atoms with Crippen LogP contribution in [0, 0.1) is 0 Å². The SMILES string of the molecule is C[C@H]1CCCCN1C(=O)CSc1nnc(CN2CCCCC2)n1-c1ccccc1. The first-order chi connectivity index (χ1) is 14.2. The second-order valence-electron chi connectivity index (χ2n) is 8.13. The van der Waals surface area contributed by atoms with Gasteiger partial charge in [0.15, 0.2) is 11.0 Å². The minimum atomic E-state index is 0.211. The van der Waals surface area contributed by atoms with Crippen molar-refractivity contribution in [3.63, 3.8) is 0 Å². The summed E-state index contributed by atoms with van der Waals surface area (Å²) in [5, 5.41) is 9.80. The zero-order valence-electron chi connectivity index (χ0n) is 17.3. The minimum Gasteiger partial charge on any atom is -0.339 e. The average Bonchev–Trinajstić information content (AvgIpc) is 3.16. The molecule has 29 heavy (non-hydrogen) atoms. The van der Waals surface area contributed by atoms with Crippen LogP contribution in [-0.2, 0) is 11.3 Å². The number of nitrogens with zero attached hydrogens (tertiary/aromatic N) is 5. The lowest BCUT2D eigenvalue weighted by Gasteiger charge is -2.33. The molecule has 0 N–H and O–H groups in total. The summed E-state index contributed by atoms with van der Waals surface area (Å²) in [6, 6.07) is 10.6. The predicted octanol–water partition coefficient (Wildman–Crippen LogP) is 3.75. The summed E-state index contributed by atoms with van der Waals surface area (Å²) in [7, 11) is 0. The molecule has 156 valence electrons. The summed E-state index contributed by atoms with van der Waals surface area (Å²) < 4.78 is 2.13. The van der Waals surface area contributed by atoms with Crippen LogP contribution in [0.2, 0.25) is 0 Å². The van der Waals surface area contributed by atoms with E-state index in [1.165, 1.54) is 37.4 Å². The van der Waals surface area contributed by atoms with Gasteiger partial charge in [-0.3, -0.25) is 14.3 Å². The fourth-order valence-corrected chi connectivity index (χ4v) is 5.18. The second-order valence-corrected chi connectivity index (χ2v) is 9.07. The molecule has 6 nitrogen and oxygen atoms in total. The second kappa shape index (κ2) is 9.76. The number of para-hydroxylation sites is 1. The number of likely N-dealkylation sites (tertiary alicyclic amines) is 2. The highest BCUT2D eigenvalue weighted by atomic mass is 32.2. The topological polar surface area (TPSA) is 54.3 Å². The Balaban J connectivity index is 1.50. The Labute approximate surface area is 177 Å². The van der Waals surface area contributed by atoms with Crippen molar-refractivity contribution in [2.45, 2.75) is 63.2 Å². The van der Waals surface area contributed by atoms with Crippen LogP contribution in [0.25, 0.3) is 5.69 Å². The molecule has 0 saturated carbocycles. The third kappa shape index (κ3) is 5.01. The molecule has 0 aliphatic carbocycles. The largest absolute Gasteiger partial charge is 0.339 e. The molecule has 2 aliphatic rings. The van der Waals surface area contributed by atoms with Crippen LogP contribution in [0.15, 0.2) is 35.5 Å². The number of hydrogen-bond acceptors (Lipinski definition) is 5. The monoisotopic (exact) mass is 413 g/mol. The smallest absolute Gasteiger partial charge is 0.233 e. The first-order valence-electron chi connectivity index (χ1n) is 10.9. The molecule has 2 aliphatic heterocycles. The van der Waals surface area contributed by atoms with Gasteiger partial charge >= 0.3 is 0 Å². The van der Waals surface area contributed by atoms with E-state index in [0.717, 1.165) is 55.7 Å². The number of hydrogen-bond donors (Lipinski definition) is 0. The van der Waals surface area contributed by atoms with Gasteiger partial charge in [-0.25, -0.2) is 0 Å². The number of rotatable bonds is 6. The Morgan fingerprint density at radius 1 is 1.03 bits per heavy atom. The van der Waals surface area contributed by atoms with E-state index in [0.29, 0.717) is 11.8 Å². The van der Waals surface area contributed by atoms with Crippen molar-refractivity contribution in [3.05, 3.63) is 36.2 Å². The highest BCUT2D eigenvalue weighted by Gasteiger charge is 2.24. The van der Waals surface area contributed by atoms with Gasteiger partial charge in [0.1, 0.15) is 0 Å². The summed E-state index contributed by atoms with van der Waals surface area (Å²) in [5.74, 6) is 1.58. The van der Waals surface area contributed by atoms with E-state index in [1.807, 2.05) is 23.1 Å². The van der Waals surface area contributed by atoms with Crippen LogP contribution in [-0.4, -0.2) is 61.9 Å². The average molecular weight is 414 g/mol. The lowest BCUT2D eigenvalue weighted by Crippen LogP contribution is -2.43. The minimum absolute atomic E-state index is 0.211. The van der Waals surface area contributed by atoms with Crippen LogP contribution in [0.3, 0.4) is 0 Å². The number of piperidine rings is 2. The van der Waals surface area contributed by atoms with Gasteiger partial charge < -0.3 is 4.90 Å². The van der Waals surface area contributed by atoms with Crippen molar-refractivity contribution in [3.8, 4) is 5.69 Å². The van der Waals surface area contributed by atoms with Gasteiger partial charge in [0.2, 0.25) is 5.91 Å². The molecule has 2 saturated heterocycles. The quantitative estimate of drug-likeness (QED) is 0.675. The van der Waals surface area contributed by atoms with Crippen molar-refractivity contribution < 1.29 is 4.79 Å². The maximum absolute atomic E-state index is 12.8. The van der Waals surface area contributed by atoms with Crippen LogP contribution >= 0.6 is 11.8 Å². The fraction of sp³-hybridized carbons (Fsp3) is 0.591. The third-order valence-electron chi connectivity index (χ3n) is 5.98. The van der Waals surface area contributed by atoms with Gasteiger partial charge in [-0.15, -0.1) is 10.2 Å². The molecule has 1 amide bonds. The van der Waals surface area contributed by atoms with Crippen molar-refractivity contribution >= 4 is 17.7 Å². The van der Waals surface area contributed by atoms with Crippen LogP contribution in [0.4, 0.5) is 0 Å². The maximum atomic E-state index is 12.8. The van der Waals surface area contributed by atoms with E-state index in [4.69, 9.17) is 0 Å². The molecule has 1 aromatic carbocycles. The molecule has 7 heteroatoms. The number of amides is 1. The zero-order chi connectivity index (χ0) is 20.1. The molecule has 0 unspecified atom stereocenters. The number of benzene rings is 1. The van der Waals surface area contributed by atoms with Crippen LogP contribution in [0.1, 0.15) is 51.3 Å². The highest BCUT2D eigenvalue weighted by Crippen LogP contribution is 2.25. The van der Waals surface area contributed by atoms with Crippen molar-refractivity contribution in [2.24, 2.45) is 0 Å². The normalized spacial score (nSPS) is 20.7. The van der Waals surface area contributed by atoms with E-state index in [1.54, 1.807) is 0 Å². The number of carbonyl (C=O) groups is 1. The molecule has 2 fully saturated rings. The van der Waals surface area contributed by atoms with Gasteiger partial charge in [0.25, 0.3) is 0 Å². The number of thioether (sulfide) groups is 1.